The lowest BCUT2D eigenvalue weighted by Crippen LogP contribution is -2.26. The summed E-state index contributed by atoms with van der Waals surface area (Å²) in [4.78, 5) is 27.9. The first-order valence-electron chi connectivity index (χ1n) is 8.67. The Bertz CT molecular complexity index is 852. The third kappa shape index (κ3) is 4.45. The van der Waals surface area contributed by atoms with Crippen molar-refractivity contribution >= 4 is 28.2 Å². The number of halogens is 1. The zero-order chi connectivity index (χ0) is 19.4. The predicted molar refractivity (Wildman–Crippen MR) is 101 cm³/mol. The maximum atomic E-state index is 13.6. The Hall–Kier alpha value is -2.45. The monoisotopic (exact) mass is 392 g/mol. The van der Waals surface area contributed by atoms with Gasteiger partial charge in [0.25, 0.3) is 5.91 Å². The largest absolute Gasteiger partial charge is 0.481 e. The van der Waals surface area contributed by atoms with E-state index in [0.717, 1.165) is 23.4 Å². The summed E-state index contributed by atoms with van der Waals surface area (Å²) in [5.74, 6) is -1.43. The van der Waals surface area contributed by atoms with Gasteiger partial charge in [-0.15, -0.1) is 11.3 Å². The molecule has 1 aromatic carbocycles. The minimum atomic E-state index is -0.535. The summed E-state index contributed by atoms with van der Waals surface area (Å²) in [6.45, 7) is 3.19. The molecule has 0 aliphatic carbocycles. The fourth-order valence-electron chi connectivity index (χ4n) is 2.91. The summed E-state index contributed by atoms with van der Waals surface area (Å²) in [6.07, 6.45) is 0.720. The third-order valence-electron chi connectivity index (χ3n) is 4.18. The molecule has 3 rings (SSSR count). The van der Waals surface area contributed by atoms with Crippen molar-refractivity contribution in [2.45, 2.75) is 19.9 Å². The quantitative estimate of drug-likeness (QED) is 0.766. The maximum Gasteiger partial charge on any atom is 0.341 e. The molecule has 144 valence electrons. The second-order valence-corrected chi connectivity index (χ2v) is 7.29. The number of nitrogens with zero attached hydrogens (tertiary/aromatic N) is 1. The first kappa shape index (κ1) is 19.3. The van der Waals surface area contributed by atoms with Crippen molar-refractivity contribution in [3.05, 3.63) is 46.1 Å². The van der Waals surface area contributed by atoms with Crippen LogP contribution in [0.15, 0.2) is 24.3 Å². The summed E-state index contributed by atoms with van der Waals surface area (Å²) >= 11 is 1.37. The number of ether oxygens (including phenoxy) is 2. The number of thiophene rings is 1. The van der Waals surface area contributed by atoms with Crippen molar-refractivity contribution in [1.82, 2.24) is 4.90 Å². The number of fused-ring (bicyclic) bond motifs is 1. The van der Waals surface area contributed by atoms with Crippen LogP contribution < -0.4 is 10.1 Å². The molecular weight excluding hydrogens is 371 g/mol. The summed E-state index contributed by atoms with van der Waals surface area (Å²) < 4.78 is 24.0. The van der Waals surface area contributed by atoms with Crippen LogP contribution in [0, 0.1) is 5.82 Å². The number of carbonyl (C=O) groups is 2. The summed E-state index contributed by atoms with van der Waals surface area (Å²) in [5, 5.41) is 3.18. The number of rotatable bonds is 6. The fraction of sp³-hybridized carbons (Fsp3) is 0.368. The highest BCUT2D eigenvalue weighted by molar-refractivity contribution is 7.17. The van der Waals surface area contributed by atoms with Gasteiger partial charge in [-0.1, -0.05) is 12.1 Å². The lowest BCUT2D eigenvalue weighted by atomic mass is 10.0. The van der Waals surface area contributed by atoms with Gasteiger partial charge in [0.1, 0.15) is 5.00 Å². The number of likely N-dealkylation sites (N-methyl/N-ethyl adjacent to an activating group) is 1. The van der Waals surface area contributed by atoms with Crippen molar-refractivity contribution in [2.75, 3.05) is 32.1 Å². The Morgan fingerprint density at radius 2 is 2.11 bits per heavy atom. The highest BCUT2D eigenvalue weighted by Crippen LogP contribution is 2.37. The van der Waals surface area contributed by atoms with Gasteiger partial charge < -0.3 is 19.7 Å². The van der Waals surface area contributed by atoms with Crippen LogP contribution in [0.25, 0.3) is 0 Å². The first-order chi connectivity index (χ1) is 13.0. The van der Waals surface area contributed by atoms with E-state index in [0.29, 0.717) is 17.1 Å². The summed E-state index contributed by atoms with van der Waals surface area (Å²) in [6, 6.07) is 5.88. The van der Waals surface area contributed by atoms with Gasteiger partial charge in [0, 0.05) is 18.0 Å². The molecule has 27 heavy (non-hydrogen) atoms. The number of esters is 1. The number of amides is 1. The molecular formula is C19H21FN2O4S. The molecule has 0 radical (unpaired) electrons. The van der Waals surface area contributed by atoms with Gasteiger partial charge in [-0.25, -0.2) is 9.18 Å². The van der Waals surface area contributed by atoms with E-state index in [1.807, 2.05) is 7.05 Å². The molecule has 1 amide bonds. The molecule has 0 atom stereocenters. The second-order valence-electron chi connectivity index (χ2n) is 6.18. The molecule has 1 aliphatic rings. The lowest BCUT2D eigenvalue weighted by Gasteiger charge is -2.22. The molecule has 6 nitrogen and oxygen atoms in total. The molecule has 0 spiro atoms. The van der Waals surface area contributed by atoms with Gasteiger partial charge in [-0.05, 0) is 38.1 Å². The Morgan fingerprint density at radius 3 is 2.85 bits per heavy atom. The van der Waals surface area contributed by atoms with Crippen LogP contribution in [0.3, 0.4) is 0 Å². The van der Waals surface area contributed by atoms with Crippen LogP contribution in [0.1, 0.15) is 27.7 Å². The number of anilines is 1. The molecule has 0 bridgehead atoms. The molecule has 2 aromatic rings. The number of hydrogen-bond donors (Lipinski definition) is 1. The first-order valence-corrected chi connectivity index (χ1v) is 9.48. The number of nitrogens with one attached hydrogen (secondary N) is 1. The molecule has 0 saturated heterocycles. The van der Waals surface area contributed by atoms with Crippen LogP contribution in [-0.4, -0.2) is 43.6 Å². The van der Waals surface area contributed by atoms with E-state index in [1.54, 1.807) is 19.1 Å². The molecule has 1 aliphatic heterocycles. The van der Waals surface area contributed by atoms with Crippen LogP contribution in [0.2, 0.25) is 0 Å². The van der Waals surface area contributed by atoms with Crippen LogP contribution in [-0.2, 0) is 22.5 Å². The van der Waals surface area contributed by atoms with E-state index in [9.17, 15) is 14.0 Å². The Labute approximate surface area is 160 Å². The zero-order valence-electron chi connectivity index (χ0n) is 15.2. The molecule has 0 fully saturated rings. The van der Waals surface area contributed by atoms with E-state index in [4.69, 9.17) is 9.47 Å². The van der Waals surface area contributed by atoms with Gasteiger partial charge in [-0.2, -0.15) is 0 Å². The predicted octanol–water partition coefficient (Wildman–Crippen LogP) is 3.07. The van der Waals surface area contributed by atoms with Gasteiger partial charge in [0.2, 0.25) is 0 Å². The lowest BCUT2D eigenvalue weighted by molar-refractivity contribution is -0.118. The van der Waals surface area contributed by atoms with Crippen LogP contribution in [0.5, 0.6) is 5.75 Å². The zero-order valence-corrected chi connectivity index (χ0v) is 16.0. The number of benzene rings is 1. The van der Waals surface area contributed by atoms with Crippen molar-refractivity contribution in [2.24, 2.45) is 0 Å². The fourth-order valence-corrected chi connectivity index (χ4v) is 4.24. The standard InChI is InChI=1S/C19H21FN2O4S/c1-3-25-19(24)17-12-8-9-22(2)10-15(12)27-18(17)21-16(23)11-26-14-7-5-4-6-13(14)20/h4-7H,3,8-11H2,1-2H3,(H,21,23). The number of hydrogen-bond acceptors (Lipinski definition) is 6. The average Bonchev–Trinajstić information content (AvgIpc) is 2.98. The second kappa shape index (κ2) is 8.49. The van der Waals surface area contributed by atoms with Gasteiger partial charge in [0.05, 0.1) is 12.2 Å². The molecule has 0 unspecified atom stereocenters. The summed E-state index contributed by atoms with van der Waals surface area (Å²) in [7, 11) is 2.01. The van der Waals surface area contributed by atoms with Crippen molar-refractivity contribution < 1.29 is 23.5 Å². The topological polar surface area (TPSA) is 67.9 Å². The Kier molecular flexibility index (Phi) is 6.08. The van der Waals surface area contributed by atoms with E-state index in [1.165, 1.54) is 23.5 Å². The van der Waals surface area contributed by atoms with Gasteiger partial charge >= 0.3 is 5.97 Å². The van der Waals surface area contributed by atoms with Crippen LogP contribution in [0.4, 0.5) is 9.39 Å². The minimum absolute atomic E-state index is 0.00497. The summed E-state index contributed by atoms with van der Waals surface area (Å²) in [5.41, 5.74) is 1.35. The van der Waals surface area contributed by atoms with Crippen molar-refractivity contribution in [3.8, 4) is 5.75 Å². The van der Waals surface area contributed by atoms with E-state index < -0.39 is 17.7 Å². The molecule has 0 saturated carbocycles. The Morgan fingerprint density at radius 1 is 1.33 bits per heavy atom. The average molecular weight is 392 g/mol. The van der Waals surface area contributed by atoms with E-state index >= 15 is 0 Å². The molecule has 1 N–H and O–H groups in total. The number of para-hydroxylation sites is 1. The molecule has 8 heteroatoms. The highest BCUT2D eigenvalue weighted by Gasteiger charge is 2.28. The van der Waals surface area contributed by atoms with Crippen LogP contribution >= 0.6 is 11.3 Å². The smallest absolute Gasteiger partial charge is 0.341 e. The number of carbonyl (C=O) groups excluding carboxylic acids is 2. The van der Waals surface area contributed by atoms with E-state index in [2.05, 4.69) is 10.2 Å². The minimum Gasteiger partial charge on any atom is -0.481 e. The van der Waals surface area contributed by atoms with Gasteiger partial charge in [-0.3, -0.25) is 4.79 Å². The van der Waals surface area contributed by atoms with E-state index in [-0.39, 0.29) is 19.0 Å². The maximum absolute atomic E-state index is 13.6. The molecule has 2 heterocycles. The Balaban J connectivity index is 1.76. The highest BCUT2D eigenvalue weighted by atomic mass is 32.1. The normalized spacial score (nSPS) is 13.7. The third-order valence-corrected chi connectivity index (χ3v) is 5.31. The SMILES string of the molecule is CCOC(=O)c1c(NC(=O)COc2ccccc2F)sc2c1CCN(C)C2. The molecule has 1 aromatic heterocycles. The van der Waals surface area contributed by atoms with Gasteiger partial charge in [0.15, 0.2) is 18.2 Å². The van der Waals surface area contributed by atoms with Crippen molar-refractivity contribution in [1.29, 1.82) is 0 Å². The van der Waals surface area contributed by atoms with Crippen molar-refractivity contribution in [3.63, 3.8) is 0 Å².